The van der Waals surface area contributed by atoms with Gasteiger partial charge in [-0.25, -0.2) is 4.98 Å². The van der Waals surface area contributed by atoms with Crippen LogP contribution in [0.25, 0.3) is 11.0 Å². The molecule has 0 spiro atoms. The quantitative estimate of drug-likeness (QED) is 0.694. The Morgan fingerprint density at radius 3 is 2.90 bits per heavy atom. The average Bonchev–Trinajstić information content (AvgIpc) is 3.03. The summed E-state index contributed by atoms with van der Waals surface area (Å²) in [5.74, 6) is 1.77. The zero-order valence-electron chi connectivity index (χ0n) is 10.8. The lowest BCUT2D eigenvalue weighted by atomic mass is 10.2. The van der Waals surface area contributed by atoms with Crippen molar-refractivity contribution in [2.24, 2.45) is 0 Å². The first kappa shape index (κ1) is 12.7. The number of nitriles is 1. The summed E-state index contributed by atoms with van der Waals surface area (Å²) in [5.41, 5.74) is 3.10. The van der Waals surface area contributed by atoms with Gasteiger partial charge in [-0.15, -0.1) is 11.6 Å². The van der Waals surface area contributed by atoms with Gasteiger partial charge in [-0.3, -0.25) is 0 Å². The summed E-state index contributed by atoms with van der Waals surface area (Å²) in [7, 11) is 0. The van der Waals surface area contributed by atoms with Crippen LogP contribution in [-0.4, -0.2) is 14.7 Å². The fraction of sp³-hybridized carbons (Fsp3) is 0.214. The van der Waals surface area contributed by atoms with Gasteiger partial charge in [-0.05, 0) is 25.1 Å². The predicted molar refractivity (Wildman–Crippen MR) is 74.3 cm³/mol. The van der Waals surface area contributed by atoms with Crippen molar-refractivity contribution >= 4 is 22.6 Å². The first-order valence-electron chi connectivity index (χ1n) is 6.08. The standard InChI is InChI=1S/C14H11ClN4O/c1-9-4-11(20-18-9)8-19-13-5-10(7-16)2-3-12(13)17-14(19)6-15/h2-5H,6,8H2,1H3. The number of rotatable bonds is 3. The Morgan fingerprint density at radius 2 is 2.25 bits per heavy atom. The Hall–Kier alpha value is -2.32. The number of aromatic nitrogens is 3. The summed E-state index contributed by atoms with van der Waals surface area (Å²) in [4.78, 5) is 4.47. The molecule has 20 heavy (non-hydrogen) atoms. The van der Waals surface area contributed by atoms with Crippen molar-refractivity contribution in [3.63, 3.8) is 0 Å². The van der Waals surface area contributed by atoms with Crippen LogP contribution in [0.1, 0.15) is 22.8 Å². The van der Waals surface area contributed by atoms with E-state index in [1.807, 2.05) is 29.7 Å². The second-order valence-electron chi connectivity index (χ2n) is 4.50. The molecule has 0 N–H and O–H groups in total. The van der Waals surface area contributed by atoms with E-state index in [0.29, 0.717) is 18.0 Å². The van der Waals surface area contributed by atoms with Gasteiger partial charge in [0.2, 0.25) is 0 Å². The highest BCUT2D eigenvalue weighted by Crippen LogP contribution is 2.21. The molecule has 0 radical (unpaired) electrons. The van der Waals surface area contributed by atoms with Crippen LogP contribution in [0.2, 0.25) is 0 Å². The summed E-state index contributed by atoms with van der Waals surface area (Å²) in [6.45, 7) is 2.36. The van der Waals surface area contributed by atoms with Crippen LogP contribution in [0.5, 0.6) is 0 Å². The molecule has 3 aromatic rings. The second-order valence-corrected chi connectivity index (χ2v) is 4.76. The molecule has 0 saturated heterocycles. The lowest BCUT2D eigenvalue weighted by Gasteiger charge is -2.04. The van der Waals surface area contributed by atoms with E-state index in [2.05, 4.69) is 16.2 Å². The molecule has 0 fully saturated rings. The Balaban J connectivity index is 2.13. The molecular weight excluding hydrogens is 276 g/mol. The van der Waals surface area contributed by atoms with Crippen LogP contribution in [0, 0.1) is 18.3 Å². The lowest BCUT2D eigenvalue weighted by Crippen LogP contribution is -2.03. The van der Waals surface area contributed by atoms with Gasteiger partial charge >= 0.3 is 0 Å². The molecule has 6 heteroatoms. The number of benzene rings is 1. The summed E-state index contributed by atoms with van der Waals surface area (Å²) in [5, 5.41) is 12.9. The Morgan fingerprint density at radius 1 is 1.40 bits per heavy atom. The first-order valence-corrected chi connectivity index (χ1v) is 6.62. The second kappa shape index (κ2) is 4.99. The largest absolute Gasteiger partial charge is 0.359 e. The van der Waals surface area contributed by atoms with Gasteiger partial charge in [0.1, 0.15) is 5.82 Å². The van der Waals surface area contributed by atoms with Crippen molar-refractivity contribution in [1.29, 1.82) is 5.26 Å². The number of hydrogen-bond donors (Lipinski definition) is 0. The molecule has 100 valence electrons. The number of imidazole rings is 1. The van der Waals surface area contributed by atoms with E-state index in [-0.39, 0.29) is 0 Å². The molecule has 0 unspecified atom stereocenters. The maximum atomic E-state index is 9.01. The van der Waals surface area contributed by atoms with Crippen LogP contribution >= 0.6 is 11.6 Å². The van der Waals surface area contributed by atoms with E-state index in [1.165, 1.54) is 0 Å². The van der Waals surface area contributed by atoms with Crippen molar-refractivity contribution in [2.45, 2.75) is 19.3 Å². The Labute approximate surface area is 120 Å². The number of halogens is 1. The molecule has 0 atom stereocenters. The van der Waals surface area contributed by atoms with Crippen molar-refractivity contribution in [3.05, 3.63) is 47.1 Å². The number of fused-ring (bicyclic) bond motifs is 1. The first-order chi connectivity index (χ1) is 9.71. The van der Waals surface area contributed by atoms with Crippen LogP contribution in [0.3, 0.4) is 0 Å². The molecule has 1 aromatic carbocycles. The molecule has 2 heterocycles. The topological polar surface area (TPSA) is 67.6 Å². The minimum atomic E-state index is 0.295. The molecular formula is C14H11ClN4O. The van der Waals surface area contributed by atoms with Crippen molar-refractivity contribution in [1.82, 2.24) is 14.7 Å². The van der Waals surface area contributed by atoms with Gasteiger partial charge in [0.05, 0.1) is 40.8 Å². The van der Waals surface area contributed by atoms with Crippen molar-refractivity contribution < 1.29 is 4.52 Å². The van der Waals surface area contributed by atoms with Gasteiger partial charge < -0.3 is 9.09 Å². The SMILES string of the molecule is Cc1cc(Cn2c(CCl)nc3ccc(C#N)cc32)on1. The molecule has 0 aliphatic carbocycles. The van der Waals surface area contributed by atoms with Crippen LogP contribution in [0.15, 0.2) is 28.8 Å². The number of hydrogen-bond acceptors (Lipinski definition) is 4. The monoisotopic (exact) mass is 286 g/mol. The Bertz CT molecular complexity index is 812. The third kappa shape index (κ3) is 2.15. The van der Waals surface area contributed by atoms with Crippen LogP contribution in [0.4, 0.5) is 0 Å². The molecule has 5 nitrogen and oxygen atoms in total. The van der Waals surface area contributed by atoms with Gasteiger partial charge in [-0.2, -0.15) is 5.26 Å². The summed E-state index contributed by atoms with van der Waals surface area (Å²) < 4.78 is 7.18. The highest BCUT2D eigenvalue weighted by Gasteiger charge is 2.13. The molecule has 2 aromatic heterocycles. The highest BCUT2D eigenvalue weighted by atomic mass is 35.5. The third-order valence-corrected chi connectivity index (χ3v) is 3.31. The average molecular weight is 287 g/mol. The fourth-order valence-electron chi connectivity index (χ4n) is 2.17. The van der Waals surface area contributed by atoms with E-state index < -0.39 is 0 Å². The third-order valence-electron chi connectivity index (χ3n) is 3.07. The van der Waals surface area contributed by atoms with Crippen LogP contribution < -0.4 is 0 Å². The predicted octanol–water partition coefficient (Wildman–Crippen LogP) is 2.99. The zero-order chi connectivity index (χ0) is 14.1. The van der Waals surface area contributed by atoms with E-state index in [0.717, 1.165) is 28.3 Å². The van der Waals surface area contributed by atoms with E-state index in [1.54, 1.807) is 6.07 Å². The number of nitrogens with zero attached hydrogens (tertiary/aromatic N) is 4. The molecule has 0 amide bonds. The van der Waals surface area contributed by atoms with Gasteiger partial charge in [0, 0.05) is 6.07 Å². The normalized spacial score (nSPS) is 10.8. The summed E-state index contributed by atoms with van der Waals surface area (Å²) in [6.07, 6.45) is 0. The molecule has 0 aliphatic rings. The van der Waals surface area contributed by atoms with Gasteiger partial charge in [0.15, 0.2) is 5.76 Å². The van der Waals surface area contributed by atoms with Crippen LogP contribution in [-0.2, 0) is 12.4 Å². The molecule has 0 saturated carbocycles. The van der Waals surface area contributed by atoms with Gasteiger partial charge in [0.25, 0.3) is 0 Å². The summed E-state index contributed by atoms with van der Waals surface area (Å²) in [6, 6.07) is 9.38. The smallest absolute Gasteiger partial charge is 0.156 e. The van der Waals surface area contributed by atoms with E-state index >= 15 is 0 Å². The maximum Gasteiger partial charge on any atom is 0.156 e. The fourth-order valence-corrected chi connectivity index (χ4v) is 2.37. The van der Waals surface area contributed by atoms with E-state index in [9.17, 15) is 0 Å². The van der Waals surface area contributed by atoms with Crippen molar-refractivity contribution in [2.75, 3.05) is 0 Å². The van der Waals surface area contributed by atoms with Gasteiger partial charge in [-0.1, -0.05) is 5.16 Å². The number of aryl methyl sites for hydroxylation is 1. The highest BCUT2D eigenvalue weighted by molar-refractivity contribution is 6.16. The molecule has 0 aliphatic heterocycles. The van der Waals surface area contributed by atoms with Crippen molar-refractivity contribution in [3.8, 4) is 6.07 Å². The molecule has 3 rings (SSSR count). The Kier molecular flexibility index (Phi) is 3.17. The minimum absolute atomic E-state index is 0.295. The molecule has 0 bridgehead atoms. The lowest BCUT2D eigenvalue weighted by molar-refractivity contribution is 0.373. The van der Waals surface area contributed by atoms with E-state index in [4.69, 9.17) is 21.4 Å². The summed E-state index contributed by atoms with van der Waals surface area (Å²) >= 11 is 5.95. The minimum Gasteiger partial charge on any atom is -0.359 e. The zero-order valence-corrected chi connectivity index (χ0v) is 11.6. The number of alkyl halides is 1. The maximum absolute atomic E-state index is 9.01.